The van der Waals surface area contributed by atoms with Crippen molar-refractivity contribution < 1.29 is 9.53 Å². The molecule has 1 saturated heterocycles. The lowest BCUT2D eigenvalue weighted by atomic mass is 9.94. The number of rotatable bonds is 5. The summed E-state index contributed by atoms with van der Waals surface area (Å²) in [5.41, 5.74) is 2.37. The van der Waals surface area contributed by atoms with Crippen LogP contribution in [0.3, 0.4) is 0 Å². The fourth-order valence-corrected chi connectivity index (χ4v) is 3.42. The molecule has 0 saturated carbocycles. The highest BCUT2D eigenvalue weighted by atomic mass is 16.5. The van der Waals surface area contributed by atoms with Crippen LogP contribution in [0.15, 0.2) is 24.3 Å². The molecule has 1 aromatic carbocycles. The third-order valence-electron chi connectivity index (χ3n) is 4.81. The van der Waals surface area contributed by atoms with E-state index in [2.05, 4.69) is 35.0 Å². The highest BCUT2D eigenvalue weighted by molar-refractivity contribution is 5.82. The molecule has 0 spiro atoms. The predicted molar refractivity (Wildman–Crippen MR) is 92.9 cm³/mol. The Kier molecular flexibility index (Phi) is 4.89. The molecule has 1 aliphatic heterocycles. The zero-order valence-electron chi connectivity index (χ0n) is 14.1. The summed E-state index contributed by atoms with van der Waals surface area (Å²) in [6, 6.07) is 8.31. The van der Waals surface area contributed by atoms with Gasteiger partial charge in [-0.1, -0.05) is 13.3 Å². The van der Waals surface area contributed by atoms with Gasteiger partial charge >= 0.3 is 0 Å². The lowest BCUT2D eigenvalue weighted by molar-refractivity contribution is -0.132. The number of benzene rings is 1. The summed E-state index contributed by atoms with van der Waals surface area (Å²) in [6.07, 6.45) is 4.98. The molecule has 2 aromatic rings. The molecule has 3 rings (SSSR count). The molecular formula is C19H26N2O2. The molecule has 1 N–H and O–H groups in total. The summed E-state index contributed by atoms with van der Waals surface area (Å²) >= 11 is 0. The molecule has 1 unspecified atom stereocenters. The molecule has 0 bridgehead atoms. The van der Waals surface area contributed by atoms with Crippen LogP contribution in [-0.4, -0.2) is 36.0 Å². The van der Waals surface area contributed by atoms with E-state index in [0.29, 0.717) is 18.2 Å². The van der Waals surface area contributed by atoms with Gasteiger partial charge < -0.3 is 14.6 Å². The minimum absolute atomic E-state index is 0.314. The number of piperidine rings is 1. The zero-order chi connectivity index (χ0) is 16.2. The maximum Gasteiger partial charge on any atom is 0.222 e. The monoisotopic (exact) mass is 314 g/mol. The van der Waals surface area contributed by atoms with Crippen molar-refractivity contribution in [1.29, 1.82) is 0 Å². The molecule has 1 atom stereocenters. The Morgan fingerprint density at radius 1 is 1.39 bits per heavy atom. The van der Waals surface area contributed by atoms with Gasteiger partial charge in [-0.2, -0.15) is 0 Å². The van der Waals surface area contributed by atoms with Crippen molar-refractivity contribution >= 4 is 16.8 Å². The minimum Gasteiger partial charge on any atom is -0.497 e. The molecule has 4 heteroatoms. The van der Waals surface area contributed by atoms with Gasteiger partial charge in [0, 0.05) is 42.0 Å². The first-order valence-electron chi connectivity index (χ1n) is 8.65. The van der Waals surface area contributed by atoms with E-state index in [1.807, 2.05) is 6.07 Å². The van der Waals surface area contributed by atoms with Crippen LogP contribution in [0.25, 0.3) is 10.9 Å². The van der Waals surface area contributed by atoms with Crippen LogP contribution in [0.5, 0.6) is 5.75 Å². The predicted octanol–water partition coefficient (Wildman–Crippen LogP) is 4.07. The SMILES string of the molecule is CCCCC(=O)N1CCCC(c2cc3cc(OC)ccc3[nH]2)C1. The number of likely N-dealkylation sites (tertiary alicyclic amines) is 1. The molecule has 4 nitrogen and oxygen atoms in total. The van der Waals surface area contributed by atoms with Gasteiger partial charge in [0.25, 0.3) is 0 Å². The molecule has 0 aliphatic carbocycles. The van der Waals surface area contributed by atoms with Crippen molar-refractivity contribution in [1.82, 2.24) is 9.88 Å². The number of unbranched alkanes of at least 4 members (excludes halogenated alkanes) is 1. The highest BCUT2D eigenvalue weighted by Crippen LogP contribution is 2.30. The third-order valence-corrected chi connectivity index (χ3v) is 4.81. The lowest BCUT2D eigenvalue weighted by Gasteiger charge is -2.32. The van der Waals surface area contributed by atoms with Gasteiger partial charge in [-0.3, -0.25) is 4.79 Å². The number of nitrogens with one attached hydrogen (secondary N) is 1. The number of aromatic nitrogens is 1. The van der Waals surface area contributed by atoms with Crippen LogP contribution >= 0.6 is 0 Å². The second-order valence-corrected chi connectivity index (χ2v) is 6.46. The van der Waals surface area contributed by atoms with E-state index < -0.39 is 0 Å². The average Bonchev–Trinajstić information content (AvgIpc) is 3.02. The van der Waals surface area contributed by atoms with Crippen molar-refractivity contribution in [3.63, 3.8) is 0 Å². The van der Waals surface area contributed by atoms with Crippen molar-refractivity contribution in [3.05, 3.63) is 30.0 Å². The van der Waals surface area contributed by atoms with Gasteiger partial charge in [-0.15, -0.1) is 0 Å². The van der Waals surface area contributed by atoms with E-state index in [1.165, 1.54) is 11.1 Å². The second kappa shape index (κ2) is 7.07. The third kappa shape index (κ3) is 3.52. The molecular weight excluding hydrogens is 288 g/mol. The molecule has 1 amide bonds. The van der Waals surface area contributed by atoms with Gasteiger partial charge in [0.15, 0.2) is 0 Å². The van der Waals surface area contributed by atoms with Crippen LogP contribution in [0.2, 0.25) is 0 Å². The van der Waals surface area contributed by atoms with Crippen LogP contribution < -0.4 is 4.74 Å². The fraction of sp³-hybridized carbons (Fsp3) is 0.526. The van der Waals surface area contributed by atoms with Gasteiger partial charge in [0.2, 0.25) is 5.91 Å². The van der Waals surface area contributed by atoms with E-state index >= 15 is 0 Å². The normalized spacial score (nSPS) is 18.3. The van der Waals surface area contributed by atoms with Crippen molar-refractivity contribution in [3.8, 4) is 5.75 Å². The van der Waals surface area contributed by atoms with Gasteiger partial charge in [-0.05, 0) is 43.5 Å². The molecule has 124 valence electrons. The van der Waals surface area contributed by atoms with E-state index in [-0.39, 0.29) is 0 Å². The van der Waals surface area contributed by atoms with Crippen LogP contribution in [-0.2, 0) is 4.79 Å². The number of H-pyrrole nitrogens is 1. The topological polar surface area (TPSA) is 45.3 Å². The number of amides is 1. The van der Waals surface area contributed by atoms with Gasteiger partial charge in [-0.25, -0.2) is 0 Å². The number of nitrogens with zero attached hydrogens (tertiary/aromatic N) is 1. The molecule has 1 aromatic heterocycles. The Morgan fingerprint density at radius 3 is 3.04 bits per heavy atom. The summed E-state index contributed by atoms with van der Waals surface area (Å²) in [7, 11) is 1.69. The van der Waals surface area contributed by atoms with E-state index in [4.69, 9.17) is 4.74 Å². The summed E-state index contributed by atoms with van der Waals surface area (Å²) in [4.78, 5) is 17.9. The maximum atomic E-state index is 12.3. The summed E-state index contributed by atoms with van der Waals surface area (Å²) < 4.78 is 5.30. The minimum atomic E-state index is 0.314. The number of fused-ring (bicyclic) bond motifs is 1. The quantitative estimate of drug-likeness (QED) is 0.904. The molecule has 1 aliphatic rings. The number of aromatic amines is 1. The number of hydrogen-bond acceptors (Lipinski definition) is 2. The average molecular weight is 314 g/mol. The Bertz CT molecular complexity index is 677. The Balaban J connectivity index is 1.74. The number of hydrogen-bond donors (Lipinski definition) is 1. The standard InChI is InChI=1S/C19H26N2O2/c1-3-4-7-19(22)21-10-5-6-14(13-21)18-12-15-11-16(23-2)8-9-17(15)20-18/h8-9,11-12,14,20H,3-7,10,13H2,1-2H3. The molecule has 2 heterocycles. The molecule has 0 radical (unpaired) electrons. The first kappa shape index (κ1) is 15.9. The Morgan fingerprint density at radius 2 is 2.26 bits per heavy atom. The largest absolute Gasteiger partial charge is 0.497 e. The van der Waals surface area contributed by atoms with Crippen LogP contribution in [0, 0.1) is 0 Å². The van der Waals surface area contributed by atoms with E-state index in [9.17, 15) is 4.79 Å². The van der Waals surface area contributed by atoms with Crippen molar-refractivity contribution in [2.24, 2.45) is 0 Å². The summed E-state index contributed by atoms with van der Waals surface area (Å²) in [5.74, 6) is 1.60. The number of methoxy groups -OCH3 is 1. The number of ether oxygens (including phenoxy) is 1. The van der Waals surface area contributed by atoms with Crippen molar-refractivity contribution in [2.45, 2.75) is 44.9 Å². The Hall–Kier alpha value is -1.97. The fourth-order valence-electron chi connectivity index (χ4n) is 3.42. The Labute approximate surface area is 137 Å². The number of carbonyl (C=O) groups is 1. The molecule has 1 fully saturated rings. The van der Waals surface area contributed by atoms with E-state index in [1.54, 1.807) is 7.11 Å². The summed E-state index contributed by atoms with van der Waals surface area (Å²) in [6.45, 7) is 3.88. The van der Waals surface area contributed by atoms with E-state index in [0.717, 1.165) is 50.0 Å². The first-order valence-corrected chi connectivity index (χ1v) is 8.65. The number of carbonyl (C=O) groups excluding carboxylic acids is 1. The van der Waals surface area contributed by atoms with Crippen molar-refractivity contribution in [2.75, 3.05) is 20.2 Å². The van der Waals surface area contributed by atoms with Gasteiger partial charge in [0.05, 0.1) is 7.11 Å². The first-order chi connectivity index (χ1) is 11.2. The van der Waals surface area contributed by atoms with Crippen LogP contribution in [0.1, 0.15) is 50.6 Å². The molecule has 23 heavy (non-hydrogen) atoms. The smallest absolute Gasteiger partial charge is 0.222 e. The second-order valence-electron chi connectivity index (χ2n) is 6.46. The summed E-state index contributed by atoms with van der Waals surface area (Å²) in [5, 5.41) is 1.17. The van der Waals surface area contributed by atoms with Gasteiger partial charge in [0.1, 0.15) is 5.75 Å². The van der Waals surface area contributed by atoms with Crippen LogP contribution in [0.4, 0.5) is 0 Å². The lowest BCUT2D eigenvalue weighted by Crippen LogP contribution is -2.39. The zero-order valence-corrected chi connectivity index (χ0v) is 14.1. The maximum absolute atomic E-state index is 12.3. The highest BCUT2D eigenvalue weighted by Gasteiger charge is 2.25.